The SMILES string of the molecule is C(=Cc1nc2ccccc2n1-c1ccccc1)c1cccnc1. The second kappa shape index (κ2) is 5.89. The first-order valence-electron chi connectivity index (χ1n) is 7.53. The van der Waals surface area contributed by atoms with Gasteiger partial charge >= 0.3 is 0 Å². The van der Waals surface area contributed by atoms with Gasteiger partial charge in [0.1, 0.15) is 5.82 Å². The van der Waals surface area contributed by atoms with E-state index in [2.05, 4.69) is 27.8 Å². The third-order valence-corrected chi connectivity index (χ3v) is 3.71. The van der Waals surface area contributed by atoms with E-state index >= 15 is 0 Å². The summed E-state index contributed by atoms with van der Waals surface area (Å²) in [6.45, 7) is 0. The normalized spacial score (nSPS) is 11.3. The Morgan fingerprint density at radius 3 is 2.43 bits per heavy atom. The van der Waals surface area contributed by atoms with Crippen molar-refractivity contribution in [2.75, 3.05) is 0 Å². The van der Waals surface area contributed by atoms with Gasteiger partial charge in [-0.25, -0.2) is 4.98 Å². The fraction of sp³-hybridized carbons (Fsp3) is 0. The van der Waals surface area contributed by atoms with Crippen molar-refractivity contribution in [3.63, 3.8) is 0 Å². The van der Waals surface area contributed by atoms with Crippen LogP contribution in [-0.2, 0) is 0 Å². The Labute approximate surface area is 134 Å². The molecule has 3 heteroatoms. The maximum absolute atomic E-state index is 4.76. The summed E-state index contributed by atoms with van der Waals surface area (Å²) >= 11 is 0. The molecule has 2 aromatic heterocycles. The number of fused-ring (bicyclic) bond motifs is 1. The first-order valence-corrected chi connectivity index (χ1v) is 7.53. The van der Waals surface area contributed by atoms with Crippen LogP contribution in [0.5, 0.6) is 0 Å². The first-order chi connectivity index (χ1) is 11.4. The first kappa shape index (κ1) is 13.5. The second-order valence-corrected chi connectivity index (χ2v) is 5.25. The number of hydrogen-bond acceptors (Lipinski definition) is 2. The molecule has 23 heavy (non-hydrogen) atoms. The largest absolute Gasteiger partial charge is 0.293 e. The quantitative estimate of drug-likeness (QED) is 0.553. The lowest BCUT2D eigenvalue weighted by atomic mass is 10.2. The monoisotopic (exact) mass is 297 g/mol. The average molecular weight is 297 g/mol. The Morgan fingerprint density at radius 2 is 1.61 bits per heavy atom. The van der Waals surface area contributed by atoms with E-state index in [1.54, 1.807) is 6.20 Å². The molecule has 0 aliphatic rings. The van der Waals surface area contributed by atoms with Gasteiger partial charge in [0.2, 0.25) is 0 Å². The summed E-state index contributed by atoms with van der Waals surface area (Å²) in [6.07, 6.45) is 7.68. The van der Waals surface area contributed by atoms with E-state index in [1.807, 2.05) is 66.9 Å². The van der Waals surface area contributed by atoms with Gasteiger partial charge < -0.3 is 0 Å². The Morgan fingerprint density at radius 1 is 0.783 bits per heavy atom. The van der Waals surface area contributed by atoms with Gasteiger partial charge in [-0.05, 0) is 48.0 Å². The lowest BCUT2D eigenvalue weighted by Gasteiger charge is -2.06. The van der Waals surface area contributed by atoms with Crippen molar-refractivity contribution in [2.24, 2.45) is 0 Å². The predicted molar refractivity (Wildman–Crippen MR) is 94.2 cm³/mol. The standard InChI is InChI=1S/C20H15N3/c1-2-8-17(9-3-1)23-19-11-5-4-10-18(19)22-20(23)13-12-16-7-6-14-21-15-16/h1-15H. The molecule has 0 saturated heterocycles. The van der Waals surface area contributed by atoms with Gasteiger partial charge in [0.05, 0.1) is 11.0 Å². The molecule has 3 nitrogen and oxygen atoms in total. The van der Waals surface area contributed by atoms with E-state index in [-0.39, 0.29) is 0 Å². The third-order valence-electron chi connectivity index (χ3n) is 3.71. The number of rotatable bonds is 3. The molecule has 0 atom stereocenters. The van der Waals surface area contributed by atoms with Gasteiger partial charge in [-0.2, -0.15) is 0 Å². The number of pyridine rings is 1. The third kappa shape index (κ3) is 2.64. The van der Waals surface area contributed by atoms with Crippen LogP contribution in [0.3, 0.4) is 0 Å². The topological polar surface area (TPSA) is 30.7 Å². The van der Waals surface area contributed by atoms with Crippen molar-refractivity contribution in [3.8, 4) is 5.69 Å². The lowest BCUT2D eigenvalue weighted by molar-refractivity contribution is 1.07. The molecule has 0 spiro atoms. The van der Waals surface area contributed by atoms with Crippen molar-refractivity contribution in [1.82, 2.24) is 14.5 Å². The van der Waals surface area contributed by atoms with Crippen LogP contribution in [0.15, 0.2) is 79.1 Å². The van der Waals surface area contributed by atoms with Gasteiger partial charge in [-0.15, -0.1) is 0 Å². The molecule has 0 unspecified atom stereocenters. The number of nitrogens with zero attached hydrogens (tertiary/aromatic N) is 3. The van der Waals surface area contributed by atoms with E-state index in [9.17, 15) is 0 Å². The van der Waals surface area contributed by atoms with Crippen LogP contribution in [0.1, 0.15) is 11.4 Å². The van der Waals surface area contributed by atoms with E-state index in [0.29, 0.717) is 0 Å². The number of para-hydroxylation sites is 3. The zero-order chi connectivity index (χ0) is 15.5. The van der Waals surface area contributed by atoms with E-state index in [0.717, 1.165) is 28.1 Å². The van der Waals surface area contributed by atoms with Crippen LogP contribution in [0.2, 0.25) is 0 Å². The van der Waals surface area contributed by atoms with Gasteiger partial charge in [-0.3, -0.25) is 9.55 Å². The zero-order valence-corrected chi connectivity index (χ0v) is 12.5. The molecule has 0 amide bonds. The number of imidazole rings is 1. The van der Waals surface area contributed by atoms with Crippen molar-refractivity contribution >= 4 is 23.2 Å². The van der Waals surface area contributed by atoms with Crippen LogP contribution in [0.4, 0.5) is 0 Å². The molecular weight excluding hydrogens is 282 g/mol. The molecule has 2 aromatic carbocycles. The summed E-state index contributed by atoms with van der Waals surface area (Å²) in [7, 11) is 0. The van der Waals surface area contributed by atoms with E-state index in [1.165, 1.54) is 0 Å². The van der Waals surface area contributed by atoms with Gasteiger partial charge in [0.15, 0.2) is 0 Å². The molecule has 0 aliphatic carbocycles. The van der Waals surface area contributed by atoms with Gasteiger partial charge in [-0.1, -0.05) is 36.4 Å². The molecule has 0 fully saturated rings. The van der Waals surface area contributed by atoms with Gasteiger partial charge in [0.25, 0.3) is 0 Å². The summed E-state index contributed by atoms with van der Waals surface area (Å²) in [5.41, 5.74) is 4.25. The molecule has 0 radical (unpaired) electrons. The summed E-state index contributed by atoms with van der Waals surface area (Å²) in [5.74, 6) is 0.904. The molecule has 2 heterocycles. The molecule has 4 aromatic rings. The molecule has 4 rings (SSSR count). The van der Waals surface area contributed by atoms with E-state index < -0.39 is 0 Å². The number of benzene rings is 2. The van der Waals surface area contributed by atoms with E-state index in [4.69, 9.17) is 4.98 Å². The average Bonchev–Trinajstić information content (AvgIpc) is 3.00. The highest BCUT2D eigenvalue weighted by atomic mass is 15.1. The zero-order valence-electron chi connectivity index (χ0n) is 12.5. The minimum Gasteiger partial charge on any atom is -0.293 e. The van der Waals surface area contributed by atoms with Crippen LogP contribution in [0, 0.1) is 0 Å². The van der Waals surface area contributed by atoms with Crippen molar-refractivity contribution in [2.45, 2.75) is 0 Å². The molecule has 0 aliphatic heterocycles. The summed E-state index contributed by atoms with van der Waals surface area (Å²) in [6, 6.07) is 22.4. The van der Waals surface area contributed by atoms with Crippen LogP contribution >= 0.6 is 0 Å². The summed E-state index contributed by atoms with van der Waals surface area (Å²) in [4.78, 5) is 8.90. The fourth-order valence-electron chi connectivity index (χ4n) is 2.65. The van der Waals surface area contributed by atoms with Crippen molar-refractivity contribution in [1.29, 1.82) is 0 Å². The Balaban J connectivity index is 1.88. The predicted octanol–water partition coefficient (Wildman–Crippen LogP) is 4.59. The number of hydrogen-bond donors (Lipinski definition) is 0. The molecule has 110 valence electrons. The summed E-state index contributed by atoms with van der Waals surface area (Å²) in [5, 5.41) is 0. The van der Waals surface area contributed by atoms with Crippen molar-refractivity contribution < 1.29 is 0 Å². The maximum Gasteiger partial charge on any atom is 0.138 e. The molecule has 0 bridgehead atoms. The Hall–Kier alpha value is -3.20. The fourth-order valence-corrected chi connectivity index (χ4v) is 2.65. The highest BCUT2D eigenvalue weighted by Crippen LogP contribution is 2.22. The Kier molecular flexibility index (Phi) is 3.45. The second-order valence-electron chi connectivity index (χ2n) is 5.25. The molecule has 0 N–H and O–H groups in total. The highest BCUT2D eigenvalue weighted by Gasteiger charge is 2.09. The number of aromatic nitrogens is 3. The smallest absolute Gasteiger partial charge is 0.138 e. The molecular formula is C20H15N3. The molecule has 0 saturated carbocycles. The Bertz CT molecular complexity index is 954. The van der Waals surface area contributed by atoms with Crippen LogP contribution < -0.4 is 0 Å². The maximum atomic E-state index is 4.76. The van der Waals surface area contributed by atoms with Crippen molar-refractivity contribution in [3.05, 3.63) is 90.5 Å². The minimum absolute atomic E-state index is 0.904. The van der Waals surface area contributed by atoms with Crippen LogP contribution in [-0.4, -0.2) is 14.5 Å². The van der Waals surface area contributed by atoms with Crippen LogP contribution in [0.25, 0.3) is 28.9 Å². The highest BCUT2D eigenvalue weighted by molar-refractivity contribution is 5.82. The lowest BCUT2D eigenvalue weighted by Crippen LogP contribution is -1.96. The minimum atomic E-state index is 0.904. The van der Waals surface area contributed by atoms with Gasteiger partial charge in [0, 0.05) is 18.1 Å². The summed E-state index contributed by atoms with van der Waals surface area (Å²) < 4.78 is 2.17.